The van der Waals surface area contributed by atoms with Crippen LogP contribution in [0.4, 0.5) is 11.4 Å². The summed E-state index contributed by atoms with van der Waals surface area (Å²) < 4.78 is 0. The maximum atomic E-state index is 12.3. The van der Waals surface area contributed by atoms with Gasteiger partial charge in [-0.3, -0.25) is 25.0 Å². The molecule has 0 bridgehead atoms. The number of benzene rings is 2. The van der Waals surface area contributed by atoms with Crippen LogP contribution >= 0.6 is 0 Å². The molecule has 9 heteroatoms. The average Bonchev–Trinajstić information content (AvgIpc) is 2.65. The molecular weight excluding hydrogens is 340 g/mol. The highest BCUT2D eigenvalue weighted by Gasteiger charge is 2.20. The van der Waals surface area contributed by atoms with Crippen LogP contribution in [0.3, 0.4) is 0 Å². The lowest BCUT2D eigenvalue weighted by Crippen LogP contribution is -2.22. The minimum atomic E-state index is -0.785. The van der Waals surface area contributed by atoms with Crippen molar-refractivity contribution in [1.82, 2.24) is 5.43 Å². The van der Waals surface area contributed by atoms with Crippen molar-refractivity contribution in [3.05, 3.63) is 79.4 Å². The van der Waals surface area contributed by atoms with Gasteiger partial charge in [-0.1, -0.05) is 24.3 Å². The minimum Gasteiger partial charge on any atom is -0.267 e. The van der Waals surface area contributed by atoms with Gasteiger partial charge in [0, 0.05) is 17.7 Å². The molecule has 0 radical (unpaired) electrons. The first-order chi connectivity index (χ1) is 12.5. The Labute approximate surface area is 147 Å². The number of rotatable bonds is 4. The Bertz CT molecular complexity index is 906. The fourth-order valence-corrected chi connectivity index (χ4v) is 2.84. The molecule has 26 heavy (non-hydrogen) atoms. The Morgan fingerprint density at radius 1 is 1.00 bits per heavy atom. The van der Waals surface area contributed by atoms with E-state index in [9.17, 15) is 25.0 Å². The van der Waals surface area contributed by atoms with Crippen LogP contribution in [0.1, 0.15) is 34.3 Å². The van der Waals surface area contributed by atoms with Crippen molar-refractivity contribution < 1.29 is 14.6 Å². The smallest absolute Gasteiger partial charge is 0.267 e. The minimum absolute atomic E-state index is 0.195. The molecule has 0 atom stereocenters. The number of non-ortho nitro benzene ring substituents is 2. The third-order valence-electron chi connectivity index (χ3n) is 4.07. The van der Waals surface area contributed by atoms with Gasteiger partial charge in [0.15, 0.2) is 0 Å². The summed E-state index contributed by atoms with van der Waals surface area (Å²) in [5.74, 6) is -0.743. The fraction of sp³-hybridized carbons (Fsp3) is 0.176. The molecule has 2 aromatic carbocycles. The highest BCUT2D eigenvalue weighted by molar-refractivity contribution is 6.04. The highest BCUT2D eigenvalue weighted by Crippen LogP contribution is 2.23. The van der Waals surface area contributed by atoms with E-state index in [0.717, 1.165) is 42.2 Å². The number of nitrogens with one attached hydrogen (secondary N) is 1. The summed E-state index contributed by atoms with van der Waals surface area (Å²) in [6.45, 7) is 0. The van der Waals surface area contributed by atoms with Gasteiger partial charge in [0.05, 0.1) is 27.2 Å². The molecule has 132 valence electrons. The van der Waals surface area contributed by atoms with Gasteiger partial charge in [-0.25, -0.2) is 5.43 Å². The first kappa shape index (κ1) is 17.2. The van der Waals surface area contributed by atoms with E-state index in [0.29, 0.717) is 12.1 Å². The molecule has 1 N–H and O–H groups in total. The summed E-state index contributed by atoms with van der Waals surface area (Å²) in [4.78, 5) is 32.5. The second kappa shape index (κ2) is 7.09. The van der Waals surface area contributed by atoms with Crippen molar-refractivity contribution in [2.75, 3.05) is 0 Å². The summed E-state index contributed by atoms with van der Waals surface area (Å²) in [5.41, 5.74) is 3.89. The van der Waals surface area contributed by atoms with Crippen molar-refractivity contribution in [1.29, 1.82) is 0 Å². The lowest BCUT2D eigenvalue weighted by Gasteiger charge is -2.17. The summed E-state index contributed by atoms with van der Waals surface area (Å²) >= 11 is 0. The Kier molecular flexibility index (Phi) is 4.70. The average molecular weight is 354 g/mol. The Hall–Kier alpha value is -3.62. The molecule has 0 aromatic heterocycles. The number of carbonyl (C=O) groups is 1. The SMILES string of the molecule is O=C(N/N=C1\CCCc2ccccc21)c1cc([N+](=O)[O-])cc([N+](=O)[O-])c1. The van der Waals surface area contributed by atoms with Crippen LogP contribution < -0.4 is 5.43 Å². The van der Waals surface area contributed by atoms with Gasteiger partial charge >= 0.3 is 0 Å². The van der Waals surface area contributed by atoms with E-state index in [1.165, 1.54) is 0 Å². The quantitative estimate of drug-likeness (QED) is 0.667. The van der Waals surface area contributed by atoms with Crippen LogP contribution in [-0.4, -0.2) is 21.5 Å². The molecule has 0 saturated heterocycles. The molecule has 9 nitrogen and oxygen atoms in total. The summed E-state index contributed by atoms with van der Waals surface area (Å²) in [7, 11) is 0. The molecular formula is C17H14N4O5. The van der Waals surface area contributed by atoms with Gasteiger partial charge < -0.3 is 0 Å². The molecule has 0 heterocycles. The van der Waals surface area contributed by atoms with Gasteiger partial charge in [0.25, 0.3) is 17.3 Å². The number of amides is 1. The molecule has 1 aliphatic rings. The van der Waals surface area contributed by atoms with Crippen molar-refractivity contribution >= 4 is 23.0 Å². The number of hydrogen-bond donors (Lipinski definition) is 1. The zero-order valence-electron chi connectivity index (χ0n) is 13.5. The van der Waals surface area contributed by atoms with Crippen molar-refractivity contribution in [2.45, 2.75) is 19.3 Å². The van der Waals surface area contributed by atoms with Crippen LogP contribution in [0.25, 0.3) is 0 Å². The van der Waals surface area contributed by atoms with Gasteiger partial charge in [0.1, 0.15) is 0 Å². The van der Waals surface area contributed by atoms with Crippen LogP contribution in [0.5, 0.6) is 0 Å². The van der Waals surface area contributed by atoms with Crippen molar-refractivity contribution in [3.63, 3.8) is 0 Å². The monoisotopic (exact) mass is 354 g/mol. The first-order valence-corrected chi connectivity index (χ1v) is 7.85. The number of hydrogen-bond acceptors (Lipinski definition) is 6. The van der Waals surface area contributed by atoms with Crippen molar-refractivity contribution in [2.24, 2.45) is 5.10 Å². The normalized spacial score (nSPS) is 14.5. The molecule has 1 amide bonds. The van der Waals surface area contributed by atoms with Gasteiger partial charge in [-0.2, -0.15) is 5.10 Å². The number of fused-ring (bicyclic) bond motifs is 1. The van der Waals surface area contributed by atoms with E-state index in [1.807, 2.05) is 24.3 Å². The molecule has 0 saturated carbocycles. The molecule has 3 rings (SSSR count). The second-order valence-electron chi connectivity index (χ2n) is 5.76. The van der Waals surface area contributed by atoms with E-state index in [1.54, 1.807) is 0 Å². The lowest BCUT2D eigenvalue weighted by molar-refractivity contribution is -0.394. The summed E-state index contributed by atoms with van der Waals surface area (Å²) in [6, 6.07) is 10.5. The predicted octanol–water partition coefficient (Wildman–Crippen LogP) is 2.97. The molecule has 0 unspecified atom stereocenters. The Morgan fingerprint density at radius 3 is 2.31 bits per heavy atom. The van der Waals surface area contributed by atoms with E-state index in [4.69, 9.17) is 0 Å². The number of nitrogens with zero attached hydrogens (tertiary/aromatic N) is 3. The summed E-state index contributed by atoms with van der Waals surface area (Å²) in [6.07, 6.45) is 2.51. The lowest BCUT2D eigenvalue weighted by atomic mass is 9.90. The zero-order valence-corrected chi connectivity index (χ0v) is 13.5. The fourth-order valence-electron chi connectivity index (χ4n) is 2.84. The zero-order chi connectivity index (χ0) is 18.7. The number of carbonyl (C=O) groups excluding carboxylic acids is 1. The number of aryl methyl sites for hydroxylation is 1. The van der Waals surface area contributed by atoms with Gasteiger partial charge in [-0.15, -0.1) is 0 Å². The van der Waals surface area contributed by atoms with E-state index >= 15 is 0 Å². The molecule has 0 spiro atoms. The molecule has 2 aromatic rings. The third-order valence-corrected chi connectivity index (χ3v) is 4.07. The van der Waals surface area contributed by atoms with Crippen molar-refractivity contribution in [3.8, 4) is 0 Å². The number of hydrazone groups is 1. The standard InChI is InChI=1S/C17H14N4O5/c22-17(12-8-13(20(23)24)10-14(9-12)21(25)26)19-18-16-7-3-5-11-4-1-2-6-15(11)16/h1-2,4,6,8-10H,3,5,7H2,(H,19,22)/b18-16+. The van der Waals surface area contributed by atoms with E-state index in [2.05, 4.69) is 10.5 Å². The maximum Gasteiger partial charge on any atom is 0.277 e. The first-order valence-electron chi connectivity index (χ1n) is 7.85. The van der Waals surface area contributed by atoms with E-state index in [-0.39, 0.29) is 5.56 Å². The van der Waals surface area contributed by atoms with Gasteiger partial charge in [0.2, 0.25) is 0 Å². The van der Waals surface area contributed by atoms with Crippen LogP contribution in [0.15, 0.2) is 47.6 Å². The topological polar surface area (TPSA) is 128 Å². The molecule has 0 aliphatic heterocycles. The Morgan fingerprint density at radius 2 is 1.65 bits per heavy atom. The maximum absolute atomic E-state index is 12.3. The van der Waals surface area contributed by atoms with Crippen LogP contribution in [-0.2, 0) is 6.42 Å². The number of nitro benzene ring substituents is 2. The predicted molar refractivity (Wildman–Crippen MR) is 93.1 cm³/mol. The van der Waals surface area contributed by atoms with Gasteiger partial charge in [-0.05, 0) is 24.8 Å². The highest BCUT2D eigenvalue weighted by atomic mass is 16.6. The summed E-state index contributed by atoms with van der Waals surface area (Å²) in [5, 5.41) is 26.0. The molecule has 1 aliphatic carbocycles. The molecule has 0 fully saturated rings. The van der Waals surface area contributed by atoms with E-state index < -0.39 is 27.1 Å². The third kappa shape index (κ3) is 3.56. The van der Waals surface area contributed by atoms with Crippen LogP contribution in [0, 0.1) is 20.2 Å². The second-order valence-corrected chi connectivity index (χ2v) is 5.76. The van der Waals surface area contributed by atoms with Crippen LogP contribution in [0.2, 0.25) is 0 Å². The number of nitro groups is 2. The largest absolute Gasteiger partial charge is 0.277 e. The Balaban J connectivity index is 1.87.